The fraction of sp³-hybridized carbons (Fsp3) is 0.615. The second-order valence-corrected chi connectivity index (χ2v) is 7.21. The fourth-order valence-electron chi connectivity index (χ4n) is 2.17. The summed E-state index contributed by atoms with van der Waals surface area (Å²) in [6.45, 7) is 6.84. The van der Waals surface area contributed by atoms with E-state index < -0.39 is 23.0 Å². The molecule has 0 aromatic carbocycles. The van der Waals surface area contributed by atoms with Crippen LogP contribution in [0.3, 0.4) is 0 Å². The Balaban J connectivity index is 2.17. The predicted octanol–water partition coefficient (Wildman–Crippen LogP) is 1.50. The van der Waals surface area contributed by atoms with Gasteiger partial charge in [-0.2, -0.15) is 0 Å². The highest BCUT2D eigenvalue weighted by Crippen LogP contribution is 2.42. The van der Waals surface area contributed by atoms with Crippen molar-refractivity contribution in [2.75, 3.05) is 0 Å². The molecule has 2 aliphatic heterocycles. The molecule has 2 N–H and O–H groups in total. The Kier molecular flexibility index (Phi) is 3.92. The van der Waals surface area contributed by atoms with Gasteiger partial charge in [0.15, 0.2) is 0 Å². The number of aliphatic carboxylic acids is 1. The second-order valence-electron chi connectivity index (χ2n) is 5.92. The van der Waals surface area contributed by atoms with E-state index >= 15 is 0 Å². The topological polar surface area (TPSA) is 95.9 Å². The molecular formula is C13H18N2O5S. The van der Waals surface area contributed by atoms with E-state index in [9.17, 15) is 19.5 Å². The van der Waals surface area contributed by atoms with Gasteiger partial charge in [0, 0.05) is 0 Å². The number of nitrogens with zero attached hydrogens (tertiary/aromatic N) is 1. The SMILES string of the molecule is CC1=C(C(=O)O)N2C(=O)CC2SC1NC(=O)OC(C)(C)C. The van der Waals surface area contributed by atoms with Gasteiger partial charge in [0.25, 0.3) is 0 Å². The molecule has 2 rings (SSSR count). The highest BCUT2D eigenvalue weighted by molar-refractivity contribution is 8.00. The lowest BCUT2D eigenvalue weighted by molar-refractivity contribution is -0.146. The summed E-state index contributed by atoms with van der Waals surface area (Å²) in [5.41, 5.74) is -0.242. The number of β-lactam (4-membered cyclic amide) rings is 1. The monoisotopic (exact) mass is 314 g/mol. The molecule has 2 aliphatic rings. The van der Waals surface area contributed by atoms with Gasteiger partial charge < -0.3 is 15.2 Å². The van der Waals surface area contributed by atoms with Gasteiger partial charge in [-0.1, -0.05) is 0 Å². The average Bonchev–Trinajstić information content (AvgIpc) is 2.29. The fourth-order valence-corrected chi connectivity index (χ4v) is 3.54. The highest BCUT2D eigenvalue weighted by atomic mass is 32.2. The Morgan fingerprint density at radius 2 is 2.05 bits per heavy atom. The highest BCUT2D eigenvalue weighted by Gasteiger charge is 2.48. The molecule has 0 saturated carbocycles. The van der Waals surface area contributed by atoms with Crippen LogP contribution in [0.2, 0.25) is 0 Å². The molecule has 116 valence electrons. The summed E-state index contributed by atoms with van der Waals surface area (Å²) in [7, 11) is 0. The van der Waals surface area contributed by atoms with Crippen LogP contribution in [-0.4, -0.2) is 44.3 Å². The van der Waals surface area contributed by atoms with Crippen molar-refractivity contribution in [2.24, 2.45) is 0 Å². The van der Waals surface area contributed by atoms with E-state index in [0.717, 1.165) is 0 Å². The van der Waals surface area contributed by atoms with Gasteiger partial charge in [-0.15, -0.1) is 11.8 Å². The van der Waals surface area contributed by atoms with Crippen LogP contribution < -0.4 is 5.32 Å². The molecular weight excluding hydrogens is 296 g/mol. The van der Waals surface area contributed by atoms with E-state index in [-0.39, 0.29) is 23.4 Å². The Bertz CT molecular complexity index is 537. The number of carboxylic acid groups (broad SMARTS) is 1. The first kappa shape index (κ1) is 15.7. The van der Waals surface area contributed by atoms with Crippen molar-refractivity contribution >= 4 is 29.7 Å². The molecule has 2 heterocycles. The van der Waals surface area contributed by atoms with Crippen molar-refractivity contribution in [1.82, 2.24) is 10.2 Å². The molecule has 7 nitrogen and oxygen atoms in total. The molecule has 0 spiro atoms. The minimum Gasteiger partial charge on any atom is -0.477 e. The number of nitrogens with one attached hydrogen (secondary N) is 1. The minimum absolute atomic E-state index is 0.0453. The third-order valence-electron chi connectivity index (χ3n) is 3.06. The molecule has 0 aromatic heterocycles. The van der Waals surface area contributed by atoms with Crippen LogP contribution in [0.1, 0.15) is 34.1 Å². The number of rotatable bonds is 2. The van der Waals surface area contributed by atoms with E-state index in [1.807, 2.05) is 0 Å². The lowest BCUT2D eigenvalue weighted by Gasteiger charge is -2.46. The van der Waals surface area contributed by atoms with Crippen molar-refractivity contribution in [1.29, 1.82) is 0 Å². The number of hydrogen-bond donors (Lipinski definition) is 2. The van der Waals surface area contributed by atoms with Crippen LogP contribution >= 0.6 is 11.8 Å². The van der Waals surface area contributed by atoms with Crippen LogP contribution in [0, 0.1) is 0 Å². The van der Waals surface area contributed by atoms with Gasteiger partial charge in [0.05, 0.1) is 11.8 Å². The molecule has 2 unspecified atom stereocenters. The number of ether oxygens (including phenoxy) is 1. The standard InChI is InChI=1S/C13H18N2O5S/c1-6-9(11(17)18)15-7(16)5-8(15)21-10(6)14-12(19)20-13(2,3)4/h8,10H,5H2,1-4H3,(H,14,19)(H,17,18). The van der Waals surface area contributed by atoms with Crippen molar-refractivity contribution in [3.63, 3.8) is 0 Å². The zero-order valence-electron chi connectivity index (χ0n) is 12.3. The maximum atomic E-state index is 11.8. The lowest BCUT2D eigenvalue weighted by atomic mass is 10.1. The Labute approximate surface area is 126 Å². The van der Waals surface area contributed by atoms with Gasteiger partial charge >= 0.3 is 12.1 Å². The van der Waals surface area contributed by atoms with Crippen LogP contribution in [0.25, 0.3) is 0 Å². The summed E-state index contributed by atoms with van der Waals surface area (Å²) in [6, 6.07) is 0. The Morgan fingerprint density at radius 1 is 1.43 bits per heavy atom. The molecule has 0 radical (unpaired) electrons. The number of hydrogen-bond acceptors (Lipinski definition) is 5. The van der Waals surface area contributed by atoms with Crippen LogP contribution in [0.4, 0.5) is 4.79 Å². The van der Waals surface area contributed by atoms with E-state index in [4.69, 9.17) is 4.74 Å². The maximum Gasteiger partial charge on any atom is 0.408 e. The predicted molar refractivity (Wildman–Crippen MR) is 76.3 cm³/mol. The van der Waals surface area contributed by atoms with E-state index in [2.05, 4.69) is 5.32 Å². The van der Waals surface area contributed by atoms with E-state index in [1.165, 1.54) is 16.7 Å². The van der Waals surface area contributed by atoms with Crippen LogP contribution in [-0.2, 0) is 14.3 Å². The van der Waals surface area contributed by atoms with Crippen molar-refractivity contribution in [2.45, 2.75) is 50.5 Å². The van der Waals surface area contributed by atoms with Crippen molar-refractivity contribution in [3.05, 3.63) is 11.3 Å². The summed E-state index contributed by atoms with van der Waals surface area (Å²) in [4.78, 5) is 36.0. The summed E-state index contributed by atoms with van der Waals surface area (Å²) in [5.74, 6) is -1.37. The van der Waals surface area contributed by atoms with Crippen LogP contribution in [0.5, 0.6) is 0 Å². The van der Waals surface area contributed by atoms with Gasteiger partial charge in [0.2, 0.25) is 5.91 Å². The first-order chi connectivity index (χ1) is 9.60. The van der Waals surface area contributed by atoms with E-state index in [0.29, 0.717) is 5.57 Å². The van der Waals surface area contributed by atoms with Crippen molar-refractivity contribution in [3.8, 4) is 0 Å². The van der Waals surface area contributed by atoms with E-state index in [1.54, 1.807) is 27.7 Å². The number of carbonyl (C=O) groups excluding carboxylic acids is 2. The first-order valence-electron chi connectivity index (χ1n) is 6.51. The Hall–Kier alpha value is -1.70. The van der Waals surface area contributed by atoms with Gasteiger partial charge in [-0.3, -0.25) is 9.69 Å². The van der Waals surface area contributed by atoms with Crippen molar-refractivity contribution < 1.29 is 24.2 Å². The normalized spacial score (nSPS) is 25.1. The summed E-state index contributed by atoms with van der Waals surface area (Å²) >= 11 is 1.34. The number of amides is 2. The number of carboxylic acids is 1. The zero-order chi connectivity index (χ0) is 15.9. The molecule has 2 atom stereocenters. The average molecular weight is 314 g/mol. The smallest absolute Gasteiger partial charge is 0.408 e. The minimum atomic E-state index is -1.16. The molecule has 2 amide bonds. The summed E-state index contributed by atoms with van der Waals surface area (Å²) in [6.07, 6.45) is -0.329. The molecule has 1 saturated heterocycles. The van der Waals surface area contributed by atoms with Gasteiger partial charge in [0.1, 0.15) is 16.7 Å². The Morgan fingerprint density at radius 3 is 2.52 bits per heavy atom. The molecule has 21 heavy (non-hydrogen) atoms. The van der Waals surface area contributed by atoms with Crippen LogP contribution in [0.15, 0.2) is 11.3 Å². The molecule has 0 aliphatic carbocycles. The van der Waals surface area contributed by atoms with Gasteiger partial charge in [-0.05, 0) is 33.3 Å². The number of fused-ring (bicyclic) bond motifs is 1. The molecule has 1 fully saturated rings. The summed E-state index contributed by atoms with van der Waals surface area (Å²) in [5, 5.41) is 11.2. The quantitative estimate of drug-likeness (QED) is 0.750. The third kappa shape index (κ3) is 3.15. The largest absolute Gasteiger partial charge is 0.477 e. The second kappa shape index (κ2) is 5.25. The number of thioether (sulfide) groups is 1. The molecule has 0 bridgehead atoms. The summed E-state index contributed by atoms with van der Waals surface area (Å²) < 4.78 is 5.17. The maximum absolute atomic E-state index is 11.8. The molecule has 0 aromatic rings. The lowest BCUT2D eigenvalue weighted by Crippen LogP contribution is -2.57. The zero-order valence-corrected chi connectivity index (χ0v) is 13.1. The molecule has 8 heteroatoms. The number of carbonyl (C=O) groups is 3. The number of alkyl carbamates (subject to hydrolysis) is 1. The third-order valence-corrected chi connectivity index (χ3v) is 4.49. The first-order valence-corrected chi connectivity index (χ1v) is 7.45. The van der Waals surface area contributed by atoms with Gasteiger partial charge in [-0.25, -0.2) is 9.59 Å².